The molecule has 102 valence electrons. The third kappa shape index (κ3) is 3.56. The zero-order valence-electron chi connectivity index (χ0n) is 11.6. The van der Waals surface area contributed by atoms with Crippen LogP contribution in [0.25, 0.3) is 0 Å². The van der Waals surface area contributed by atoms with E-state index in [1.165, 1.54) is 18.2 Å². The van der Waals surface area contributed by atoms with Crippen LogP contribution >= 0.6 is 0 Å². The molecule has 0 aromatic heterocycles. The minimum absolute atomic E-state index is 0.0322. The first kappa shape index (κ1) is 13.6. The number of carbonyl (C=O) groups excluding carboxylic acids is 2. The van der Waals surface area contributed by atoms with Crippen LogP contribution in [0.3, 0.4) is 0 Å². The lowest BCUT2D eigenvalue weighted by atomic mass is 10.2. The molecule has 1 aliphatic rings. The Morgan fingerprint density at radius 1 is 1.16 bits per heavy atom. The van der Waals surface area contributed by atoms with Crippen molar-refractivity contribution in [2.45, 2.75) is 20.3 Å². The maximum Gasteiger partial charge on any atom is 0.230 e. The molecule has 4 nitrogen and oxygen atoms in total. The van der Waals surface area contributed by atoms with Crippen LogP contribution < -0.4 is 4.90 Å². The fraction of sp³-hybridized carbons (Fsp3) is 0.467. The lowest BCUT2D eigenvalue weighted by Gasteiger charge is -2.36. The van der Waals surface area contributed by atoms with Gasteiger partial charge in [-0.15, -0.1) is 0 Å². The van der Waals surface area contributed by atoms with Crippen molar-refractivity contribution in [3.05, 3.63) is 29.8 Å². The van der Waals surface area contributed by atoms with Gasteiger partial charge in [0, 0.05) is 31.9 Å². The van der Waals surface area contributed by atoms with E-state index in [1.807, 2.05) is 0 Å². The van der Waals surface area contributed by atoms with Gasteiger partial charge in [-0.2, -0.15) is 0 Å². The van der Waals surface area contributed by atoms with Crippen LogP contribution in [0.15, 0.2) is 24.3 Å². The van der Waals surface area contributed by atoms with E-state index >= 15 is 0 Å². The summed E-state index contributed by atoms with van der Waals surface area (Å²) >= 11 is 0. The fourth-order valence-electron chi connectivity index (χ4n) is 2.36. The number of nitrogens with zero attached hydrogens (tertiary/aromatic N) is 2. The van der Waals surface area contributed by atoms with Crippen molar-refractivity contribution in [1.82, 2.24) is 4.90 Å². The summed E-state index contributed by atoms with van der Waals surface area (Å²) in [5, 5.41) is 0. The van der Waals surface area contributed by atoms with Crippen molar-refractivity contribution in [2.75, 3.05) is 31.1 Å². The fourth-order valence-corrected chi connectivity index (χ4v) is 2.36. The highest BCUT2D eigenvalue weighted by Gasteiger charge is 2.21. The second-order valence-electron chi connectivity index (χ2n) is 5.09. The predicted octanol–water partition coefficient (Wildman–Crippen LogP) is 1.62. The SMILES string of the molecule is CC(=O)CC(=O)N1CCN(c2cccc(C)c2)CC1. The van der Waals surface area contributed by atoms with Crippen molar-refractivity contribution < 1.29 is 9.59 Å². The van der Waals surface area contributed by atoms with Gasteiger partial charge in [0.1, 0.15) is 5.78 Å². The van der Waals surface area contributed by atoms with Crippen LogP contribution in [0.2, 0.25) is 0 Å². The van der Waals surface area contributed by atoms with Crippen LogP contribution in [-0.2, 0) is 9.59 Å². The molecule has 0 bridgehead atoms. The predicted molar refractivity (Wildman–Crippen MR) is 75.3 cm³/mol. The van der Waals surface area contributed by atoms with E-state index in [9.17, 15) is 9.59 Å². The number of carbonyl (C=O) groups is 2. The molecule has 0 atom stereocenters. The van der Waals surface area contributed by atoms with Gasteiger partial charge in [0.25, 0.3) is 0 Å². The Hall–Kier alpha value is -1.84. The number of Topliss-reactive ketones (excluding diaryl/α,β-unsaturated/α-hetero) is 1. The Morgan fingerprint density at radius 3 is 2.42 bits per heavy atom. The zero-order valence-corrected chi connectivity index (χ0v) is 11.6. The highest BCUT2D eigenvalue weighted by Crippen LogP contribution is 2.18. The molecular formula is C15H20N2O2. The maximum absolute atomic E-state index is 11.8. The maximum atomic E-state index is 11.8. The first-order valence-corrected chi connectivity index (χ1v) is 6.65. The van der Waals surface area contributed by atoms with Crippen molar-refractivity contribution in [3.63, 3.8) is 0 Å². The number of hydrogen-bond donors (Lipinski definition) is 0. The monoisotopic (exact) mass is 260 g/mol. The molecule has 1 aliphatic heterocycles. The molecule has 2 rings (SSSR count). The third-order valence-corrected chi connectivity index (χ3v) is 3.40. The van der Waals surface area contributed by atoms with Crippen LogP contribution in [0.4, 0.5) is 5.69 Å². The molecule has 19 heavy (non-hydrogen) atoms. The third-order valence-electron chi connectivity index (χ3n) is 3.40. The van der Waals surface area contributed by atoms with Gasteiger partial charge in [0.2, 0.25) is 5.91 Å². The number of ketones is 1. The average molecular weight is 260 g/mol. The van der Waals surface area contributed by atoms with E-state index in [1.54, 1.807) is 4.90 Å². The van der Waals surface area contributed by atoms with Gasteiger partial charge >= 0.3 is 0 Å². The molecule has 0 spiro atoms. The first-order valence-electron chi connectivity index (χ1n) is 6.65. The van der Waals surface area contributed by atoms with Gasteiger partial charge in [0.15, 0.2) is 0 Å². The average Bonchev–Trinajstić information content (AvgIpc) is 2.38. The zero-order chi connectivity index (χ0) is 13.8. The second kappa shape index (κ2) is 5.87. The second-order valence-corrected chi connectivity index (χ2v) is 5.09. The van der Waals surface area contributed by atoms with Crippen molar-refractivity contribution >= 4 is 17.4 Å². The van der Waals surface area contributed by atoms with Gasteiger partial charge in [-0.25, -0.2) is 0 Å². The summed E-state index contributed by atoms with van der Waals surface area (Å²) in [6.45, 7) is 6.58. The van der Waals surface area contributed by atoms with Gasteiger partial charge < -0.3 is 9.80 Å². The lowest BCUT2D eigenvalue weighted by molar-refractivity contribution is -0.135. The minimum atomic E-state index is -0.0638. The van der Waals surface area contributed by atoms with Crippen LogP contribution in [0, 0.1) is 6.92 Å². The Bertz CT molecular complexity index is 477. The van der Waals surface area contributed by atoms with Gasteiger partial charge in [-0.3, -0.25) is 9.59 Å². The number of piperazine rings is 1. The Labute approximate surface area is 114 Å². The van der Waals surface area contributed by atoms with E-state index in [0.29, 0.717) is 13.1 Å². The molecule has 0 saturated carbocycles. The summed E-state index contributed by atoms with van der Waals surface area (Å²) in [5.74, 6) is -0.109. The standard InChI is InChI=1S/C15H20N2O2/c1-12-4-3-5-14(10-12)16-6-8-17(9-7-16)15(19)11-13(2)18/h3-5,10H,6-9,11H2,1-2H3. The van der Waals surface area contributed by atoms with Gasteiger partial charge in [0.05, 0.1) is 6.42 Å². The molecule has 0 unspecified atom stereocenters. The molecule has 1 amide bonds. The van der Waals surface area contributed by atoms with E-state index in [4.69, 9.17) is 0 Å². The smallest absolute Gasteiger partial charge is 0.230 e. The normalized spacial score (nSPS) is 15.5. The highest BCUT2D eigenvalue weighted by atomic mass is 16.2. The van der Waals surface area contributed by atoms with E-state index in [-0.39, 0.29) is 18.1 Å². The summed E-state index contributed by atoms with van der Waals surface area (Å²) < 4.78 is 0. The van der Waals surface area contributed by atoms with Gasteiger partial charge in [-0.05, 0) is 31.5 Å². The lowest BCUT2D eigenvalue weighted by Crippen LogP contribution is -2.49. The molecule has 1 aromatic rings. The molecule has 1 aromatic carbocycles. The van der Waals surface area contributed by atoms with Crippen molar-refractivity contribution in [3.8, 4) is 0 Å². The van der Waals surface area contributed by atoms with E-state index < -0.39 is 0 Å². The van der Waals surface area contributed by atoms with Crippen molar-refractivity contribution in [2.24, 2.45) is 0 Å². The van der Waals surface area contributed by atoms with Crippen LogP contribution in [0.5, 0.6) is 0 Å². The number of rotatable bonds is 3. The Morgan fingerprint density at radius 2 is 1.84 bits per heavy atom. The van der Waals surface area contributed by atoms with Crippen LogP contribution in [0.1, 0.15) is 18.9 Å². The van der Waals surface area contributed by atoms with Crippen LogP contribution in [-0.4, -0.2) is 42.8 Å². The summed E-state index contributed by atoms with van der Waals surface area (Å²) in [6.07, 6.45) is 0.0322. The number of anilines is 1. The first-order chi connectivity index (χ1) is 9.06. The number of amides is 1. The Balaban J connectivity index is 1.92. The molecule has 1 heterocycles. The van der Waals surface area contributed by atoms with Gasteiger partial charge in [-0.1, -0.05) is 12.1 Å². The molecule has 4 heteroatoms. The van der Waals surface area contributed by atoms with E-state index in [2.05, 4.69) is 36.1 Å². The highest BCUT2D eigenvalue weighted by molar-refractivity contribution is 5.96. The van der Waals surface area contributed by atoms with Crippen molar-refractivity contribution in [1.29, 1.82) is 0 Å². The quantitative estimate of drug-likeness (QED) is 0.775. The number of aryl methyl sites for hydroxylation is 1. The Kier molecular flexibility index (Phi) is 4.20. The molecule has 0 radical (unpaired) electrons. The van der Waals surface area contributed by atoms with E-state index in [0.717, 1.165) is 13.1 Å². The summed E-state index contributed by atoms with van der Waals surface area (Å²) in [4.78, 5) is 26.8. The summed E-state index contributed by atoms with van der Waals surface area (Å²) in [6, 6.07) is 8.39. The molecule has 1 fully saturated rings. The number of benzene rings is 1. The molecule has 0 aliphatic carbocycles. The topological polar surface area (TPSA) is 40.6 Å². The summed E-state index contributed by atoms with van der Waals surface area (Å²) in [5.41, 5.74) is 2.45. The minimum Gasteiger partial charge on any atom is -0.368 e. The molecule has 0 N–H and O–H groups in total. The largest absolute Gasteiger partial charge is 0.368 e. The molecular weight excluding hydrogens is 240 g/mol. The number of hydrogen-bond acceptors (Lipinski definition) is 3. The summed E-state index contributed by atoms with van der Waals surface area (Å²) in [7, 11) is 0. The molecule has 1 saturated heterocycles.